The highest BCUT2D eigenvalue weighted by Gasteiger charge is 2.20. The van der Waals surface area contributed by atoms with E-state index in [-0.39, 0.29) is 5.41 Å². The Kier molecular flexibility index (Phi) is 2.98. The highest BCUT2D eigenvalue weighted by Crippen LogP contribution is 2.32. The predicted octanol–water partition coefficient (Wildman–Crippen LogP) is 3.81. The van der Waals surface area contributed by atoms with Gasteiger partial charge in [0.1, 0.15) is 0 Å². The fourth-order valence-electron chi connectivity index (χ4n) is 0.739. The molecule has 0 saturated heterocycles. The van der Waals surface area contributed by atoms with Gasteiger partial charge in [-0.2, -0.15) is 0 Å². The van der Waals surface area contributed by atoms with Crippen LogP contribution in [0, 0.1) is 2.88 Å². The number of nitrogens with zero attached hydrogens (tertiary/aromatic N) is 1. The maximum Gasteiger partial charge on any atom is 0.160 e. The van der Waals surface area contributed by atoms with Crippen molar-refractivity contribution in [2.24, 2.45) is 0 Å². The van der Waals surface area contributed by atoms with Gasteiger partial charge in [0.25, 0.3) is 0 Å². The Morgan fingerprint density at radius 3 is 2.18 bits per heavy atom. The summed E-state index contributed by atoms with van der Waals surface area (Å²) >= 11 is 7.40. The zero-order chi connectivity index (χ0) is 8.65. The van der Waals surface area contributed by atoms with Crippen molar-refractivity contribution in [3.8, 4) is 0 Å². The van der Waals surface area contributed by atoms with Gasteiger partial charge in [-0.15, -0.1) is 11.3 Å². The summed E-state index contributed by atoms with van der Waals surface area (Å²) in [5.41, 5.74) is 1.36. The van der Waals surface area contributed by atoms with Gasteiger partial charge in [0.05, 0.1) is 8.58 Å². The van der Waals surface area contributed by atoms with Crippen LogP contribution in [-0.2, 0) is 5.41 Å². The molecule has 1 aromatic heterocycles. The van der Waals surface area contributed by atoms with Crippen molar-refractivity contribution in [2.75, 3.05) is 0 Å². The fraction of sp³-hybridized carbons (Fsp3) is 0.571. The Bertz CT molecular complexity index is 264. The Morgan fingerprint density at radius 1 is 1.45 bits per heavy atom. The lowest BCUT2D eigenvalue weighted by atomic mass is 9.93. The molecule has 4 heteroatoms. The van der Waals surface area contributed by atoms with Crippen molar-refractivity contribution in [3.63, 3.8) is 0 Å². The molecule has 0 amide bonds. The van der Waals surface area contributed by atoms with E-state index in [1.54, 1.807) is 11.3 Å². The molecule has 0 bridgehead atoms. The maximum atomic E-state index is 4.41. The molecule has 1 heterocycles. The van der Waals surface area contributed by atoms with Crippen LogP contribution in [0.2, 0.25) is 0 Å². The topological polar surface area (TPSA) is 12.9 Å². The van der Waals surface area contributed by atoms with E-state index in [4.69, 9.17) is 0 Å². The van der Waals surface area contributed by atoms with Gasteiger partial charge in [0.2, 0.25) is 0 Å². The largest absolute Gasteiger partial charge is 0.232 e. The highest BCUT2D eigenvalue weighted by molar-refractivity contribution is 14.1. The van der Waals surface area contributed by atoms with Crippen LogP contribution < -0.4 is 0 Å². The molecule has 0 saturated carbocycles. The average molecular weight is 346 g/mol. The molecule has 0 aromatic carbocycles. The van der Waals surface area contributed by atoms with Crippen LogP contribution in [0.4, 0.5) is 0 Å². The first-order valence-corrected chi connectivity index (χ1v) is 5.92. The van der Waals surface area contributed by atoms with Gasteiger partial charge in [-0.05, 0) is 38.5 Å². The fourth-order valence-corrected chi connectivity index (χ4v) is 4.60. The SMILES string of the molecule is CC(C)(C)c1nc(Br)sc1I. The molecule has 0 atom stereocenters. The van der Waals surface area contributed by atoms with E-state index in [2.05, 4.69) is 64.3 Å². The number of halogens is 2. The van der Waals surface area contributed by atoms with E-state index in [0.717, 1.165) is 3.92 Å². The summed E-state index contributed by atoms with van der Waals surface area (Å²) < 4.78 is 2.26. The van der Waals surface area contributed by atoms with E-state index in [1.807, 2.05) is 0 Å². The molecule has 0 N–H and O–H groups in total. The van der Waals surface area contributed by atoms with E-state index in [9.17, 15) is 0 Å². The number of aromatic nitrogens is 1. The van der Waals surface area contributed by atoms with Crippen molar-refractivity contribution in [3.05, 3.63) is 12.5 Å². The van der Waals surface area contributed by atoms with Crippen LogP contribution in [0.3, 0.4) is 0 Å². The average Bonchev–Trinajstić information content (AvgIpc) is 2.08. The molecule has 0 radical (unpaired) electrons. The van der Waals surface area contributed by atoms with Crippen molar-refractivity contribution in [1.29, 1.82) is 0 Å². The van der Waals surface area contributed by atoms with Crippen LogP contribution >= 0.6 is 49.9 Å². The monoisotopic (exact) mass is 345 g/mol. The lowest BCUT2D eigenvalue weighted by Gasteiger charge is -2.15. The van der Waals surface area contributed by atoms with E-state index in [0.29, 0.717) is 0 Å². The third-order valence-corrected chi connectivity index (χ3v) is 3.74. The third kappa shape index (κ3) is 2.39. The standard InChI is InChI=1S/C7H9BrINS/c1-7(2,3)4-5(9)11-6(8)10-4/h1-3H3. The first-order chi connectivity index (χ1) is 4.91. The molecule has 11 heavy (non-hydrogen) atoms. The molecule has 0 aliphatic carbocycles. The van der Waals surface area contributed by atoms with Gasteiger partial charge in [-0.3, -0.25) is 0 Å². The Morgan fingerprint density at radius 2 is 2.00 bits per heavy atom. The van der Waals surface area contributed by atoms with Crippen LogP contribution in [0.5, 0.6) is 0 Å². The zero-order valence-electron chi connectivity index (χ0n) is 6.61. The molecule has 0 aliphatic rings. The summed E-state index contributed by atoms with van der Waals surface area (Å²) in [6.45, 7) is 6.53. The van der Waals surface area contributed by atoms with E-state index < -0.39 is 0 Å². The van der Waals surface area contributed by atoms with Gasteiger partial charge >= 0.3 is 0 Å². The van der Waals surface area contributed by atoms with E-state index >= 15 is 0 Å². The summed E-state index contributed by atoms with van der Waals surface area (Å²) in [5, 5.41) is 0. The Balaban J connectivity index is 3.13. The minimum absolute atomic E-state index is 0.166. The lowest BCUT2D eigenvalue weighted by molar-refractivity contribution is 0.569. The molecule has 0 fully saturated rings. The summed E-state index contributed by atoms with van der Waals surface area (Å²) in [5.74, 6) is 0. The minimum Gasteiger partial charge on any atom is -0.232 e. The van der Waals surface area contributed by atoms with Crippen molar-refractivity contribution >= 4 is 49.9 Å². The molecule has 0 aliphatic heterocycles. The first-order valence-electron chi connectivity index (χ1n) is 3.23. The summed E-state index contributed by atoms with van der Waals surface area (Å²) in [6.07, 6.45) is 0. The molecule has 0 unspecified atom stereocenters. The third-order valence-electron chi connectivity index (χ3n) is 1.27. The smallest absolute Gasteiger partial charge is 0.160 e. The van der Waals surface area contributed by atoms with Crippen LogP contribution in [0.1, 0.15) is 26.5 Å². The number of thiazole rings is 1. The van der Waals surface area contributed by atoms with Crippen molar-refractivity contribution in [1.82, 2.24) is 4.98 Å². The van der Waals surface area contributed by atoms with Gasteiger partial charge in [0, 0.05) is 5.41 Å². The molecule has 0 spiro atoms. The normalized spacial score (nSPS) is 12.1. The number of hydrogen-bond acceptors (Lipinski definition) is 2. The zero-order valence-corrected chi connectivity index (χ0v) is 11.2. The predicted molar refractivity (Wildman–Crippen MR) is 61.2 cm³/mol. The maximum absolute atomic E-state index is 4.41. The van der Waals surface area contributed by atoms with Crippen LogP contribution in [0.15, 0.2) is 3.92 Å². The number of hydrogen-bond donors (Lipinski definition) is 0. The molecule has 1 nitrogen and oxygen atoms in total. The summed E-state index contributed by atoms with van der Waals surface area (Å²) in [6, 6.07) is 0. The Hall–Kier alpha value is 0.840. The molecule has 1 rings (SSSR count). The van der Waals surface area contributed by atoms with Gasteiger partial charge < -0.3 is 0 Å². The second-order valence-corrected chi connectivity index (χ2v) is 7.42. The van der Waals surface area contributed by atoms with Crippen LogP contribution in [0.25, 0.3) is 0 Å². The van der Waals surface area contributed by atoms with Crippen molar-refractivity contribution in [2.45, 2.75) is 26.2 Å². The van der Waals surface area contributed by atoms with Gasteiger partial charge in [-0.25, -0.2) is 4.98 Å². The quantitative estimate of drug-likeness (QED) is 0.651. The second-order valence-electron chi connectivity index (χ2n) is 3.34. The van der Waals surface area contributed by atoms with Crippen molar-refractivity contribution < 1.29 is 0 Å². The first kappa shape index (κ1) is 9.92. The Labute approximate surface area is 92.9 Å². The molecular weight excluding hydrogens is 337 g/mol. The van der Waals surface area contributed by atoms with Crippen LogP contribution in [-0.4, -0.2) is 4.98 Å². The molecule has 62 valence electrons. The minimum atomic E-state index is 0.166. The van der Waals surface area contributed by atoms with Gasteiger partial charge in [-0.1, -0.05) is 20.8 Å². The highest BCUT2D eigenvalue weighted by atomic mass is 127. The van der Waals surface area contributed by atoms with E-state index in [1.165, 1.54) is 8.58 Å². The molecule has 1 aromatic rings. The summed E-state index contributed by atoms with van der Waals surface area (Å²) in [7, 11) is 0. The summed E-state index contributed by atoms with van der Waals surface area (Å²) in [4.78, 5) is 4.41. The lowest BCUT2D eigenvalue weighted by Crippen LogP contribution is -2.12. The second kappa shape index (κ2) is 3.30. The number of rotatable bonds is 0. The molecular formula is C7H9BrINS. The van der Waals surface area contributed by atoms with Gasteiger partial charge in [0.15, 0.2) is 3.92 Å².